The van der Waals surface area contributed by atoms with Gasteiger partial charge in [-0.2, -0.15) is 0 Å². The Labute approximate surface area is 125 Å². The van der Waals surface area contributed by atoms with Crippen molar-refractivity contribution in [2.45, 2.75) is 13.3 Å². The molecule has 1 aromatic carbocycles. The lowest BCUT2D eigenvalue weighted by molar-refractivity contribution is -0.128. The summed E-state index contributed by atoms with van der Waals surface area (Å²) in [5.41, 5.74) is 0.485. The van der Waals surface area contributed by atoms with Gasteiger partial charge in [0.25, 0.3) is 0 Å². The van der Waals surface area contributed by atoms with Crippen LogP contribution >= 0.6 is 0 Å². The predicted octanol–water partition coefficient (Wildman–Crippen LogP) is 2.28. The predicted molar refractivity (Wildman–Crippen MR) is 80.3 cm³/mol. The molecule has 5 heteroatoms. The third-order valence-corrected chi connectivity index (χ3v) is 2.91. The number of hydrogen-bond acceptors (Lipinski definition) is 4. The molecule has 1 rings (SSSR count). The Kier molecular flexibility index (Phi) is 7.01. The highest BCUT2D eigenvalue weighted by molar-refractivity contribution is 5.89. The molecule has 0 saturated heterocycles. The smallest absolute Gasteiger partial charge is 0.337 e. The molecule has 21 heavy (non-hydrogen) atoms. The summed E-state index contributed by atoms with van der Waals surface area (Å²) >= 11 is 0. The second-order valence-electron chi connectivity index (χ2n) is 4.47. The van der Waals surface area contributed by atoms with Gasteiger partial charge in [0, 0.05) is 20.0 Å². The Morgan fingerprint density at radius 2 is 1.95 bits per heavy atom. The molecule has 0 atom stereocenters. The van der Waals surface area contributed by atoms with E-state index in [2.05, 4.69) is 11.3 Å². The van der Waals surface area contributed by atoms with Crippen LogP contribution < -0.4 is 4.74 Å². The molecule has 0 aliphatic heterocycles. The van der Waals surface area contributed by atoms with Crippen LogP contribution in [0.4, 0.5) is 0 Å². The van der Waals surface area contributed by atoms with Crippen molar-refractivity contribution in [1.82, 2.24) is 4.90 Å². The zero-order valence-corrected chi connectivity index (χ0v) is 12.5. The standard InChI is InChI=1S/C16H21NO4/c1-4-10-17(13(2)18)11-5-12-21-15-8-6-14(7-9-15)16(19)20-3/h4,6-9H,1,5,10-12H2,2-3H3. The molecule has 5 nitrogen and oxygen atoms in total. The SMILES string of the molecule is C=CCN(CCCOc1ccc(C(=O)OC)cc1)C(C)=O. The Morgan fingerprint density at radius 3 is 2.48 bits per heavy atom. The molecule has 0 N–H and O–H groups in total. The molecule has 0 aromatic heterocycles. The molecule has 0 heterocycles. The minimum absolute atomic E-state index is 0.0253. The number of nitrogens with zero attached hydrogens (tertiary/aromatic N) is 1. The molecule has 114 valence electrons. The van der Waals surface area contributed by atoms with E-state index in [4.69, 9.17) is 4.74 Å². The van der Waals surface area contributed by atoms with Gasteiger partial charge in [-0.1, -0.05) is 6.08 Å². The second-order valence-corrected chi connectivity index (χ2v) is 4.47. The Hall–Kier alpha value is -2.30. The highest BCUT2D eigenvalue weighted by atomic mass is 16.5. The first-order chi connectivity index (χ1) is 10.1. The van der Waals surface area contributed by atoms with Gasteiger partial charge in [-0.05, 0) is 30.7 Å². The Bertz CT molecular complexity index is 482. The first-order valence-electron chi connectivity index (χ1n) is 6.76. The van der Waals surface area contributed by atoms with Gasteiger partial charge >= 0.3 is 5.97 Å². The molecule has 0 aliphatic rings. The summed E-state index contributed by atoms with van der Waals surface area (Å²) < 4.78 is 10.2. The molecule has 1 amide bonds. The number of methoxy groups -OCH3 is 1. The quantitative estimate of drug-likeness (QED) is 0.419. The van der Waals surface area contributed by atoms with Gasteiger partial charge in [0.05, 0.1) is 19.3 Å². The van der Waals surface area contributed by atoms with Crippen LogP contribution in [0.25, 0.3) is 0 Å². The first kappa shape index (κ1) is 16.8. The van der Waals surface area contributed by atoms with E-state index in [0.29, 0.717) is 31.0 Å². The van der Waals surface area contributed by atoms with E-state index in [1.807, 2.05) is 0 Å². The van der Waals surface area contributed by atoms with E-state index in [0.717, 1.165) is 6.42 Å². The van der Waals surface area contributed by atoms with Crippen molar-refractivity contribution in [2.24, 2.45) is 0 Å². The van der Waals surface area contributed by atoms with Gasteiger partial charge < -0.3 is 14.4 Å². The highest BCUT2D eigenvalue weighted by Crippen LogP contribution is 2.13. The van der Waals surface area contributed by atoms with Crippen LogP contribution in [0.5, 0.6) is 5.75 Å². The van der Waals surface area contributed by atoms with Crippen LogP contribution in [0.2, 0.25) is 0 Å². The number of hydrogen-bond donors (Lipinski definition) is 0. The van der Waals surface area contributed by atoms with Crippen molar-refractivity contribution in [1.29, 1.82) is 0 Å². The number of esters is 1. The average Bonchev–Trinajstić information content (AvgIpc) is 2.50. The van der Waals surface area contributed by atoms with E-state index < -0.39 is 0 Å². The fourth-order valence-electron chi connectivity index (χ4n) is 1.78. The van der Waals surface area contributed by atoms with Gasteiger partial charge in [-0.25, -0.2) is 4.79 Å². The number of carbonyl (C=O) groups is 2. The number of ether oxygens (including phenoxy) is 2. The Balaban J connectivity index is 2.37. The summed E-state index contributed by atoms with van der Waals surface area (Å²) in [4.78, 5) is 24.3. The third-order valence-electron chi connectivity index (χ3n) is 2.91. The van der Waals surface area contributed by atoms with Gasteiger partial charge in [0.1, 0.15) is 5.75 Å². The zero-order chi connectivity index (χ0) is 15.7. The largest absolute Gasteiger partial charge is 0.494 e. The van der Waals surface area contributed by atoms with Crippen LogP contribution in [0.15, 0.2) is 36.9 Å². The molecule has 0 radical (unpaired) electrons. The summed E-state index contributed by atoms with van der Waals surface area (Å²) in [7, 11) is 1.34. The molecular weight excluding hydrogens is 270 g/mol. The monoisotopic (exact) mass is 291 g/mol. The summed E-state index contributed by atoms with van der Waals surface area (Å²) in [6.45, 7) is 6.83. The lowest BCUT2D eigenvalue weighted by Crippen LogP contribution is -2.30. The van der Waals surface area contributed by atoms with Crippen molar-refractivity contribution in [3.63, 3.8) is 0 Å². The topological polar surface area (TPSA) is 55.8 Å². The van der Waals surface area contributed by atoms with Gasteiger partial charge in [0.15, 0.2) is 0 Å². The molecule has 0 bridgehead atoms. The summed E-state index contributed by atoms with van der Waals surface area (Å²) in [6.07, 6.45) is 2.43. The Morgan fingerprint density at radius 1 is 1.29 bits per heavy atom. The maximum absolute atomic E-state index is 11.3. The van der Waals surface area contributed by atoms with E-state index in [1.54, 1.807) is 35.2 Å². The number of benzene rings is 1. The van der Waals surface area contributed by atoms with Gasteiger partial charge in [-0.15, -0.1) is 6.58 Å². The average molecular weight is 291 g/mol. The summed E-state index contributed by atoms with van der Waals surface area (Å²) in [5, 5.41) is 0. The number of amides is 1. The molecule has 1 aromatic rings. The van der Waals surface area contributed by atoms with Crippen molar-refractivity contribution in [3.8, 4) is 5.75 Å². The van der Waals surface area contributed by atoms with Crippen LogP contribution in [-0.4, -0.2) is 43.6 Å². The molecule has 0 saturated carbocycles. The van der Waals surface area contributed by atoms with Crippen molar-refractivity contribution >= 4 is 11.9 Å². The lowest BCUT2D eigenvalue weighted by atomic mass is 10.2. The van der Waals surface area contributed by atoms with E-state index >= 15 is 0 Å². The number of carbonyl (C=O) groups excluding carboxylic acids is 2. The van der Waals surface area contributed by atoms with Crippen LogP contribution in [0, 0.1) is 0 Å². The maximum Gasteiger partial charge on any atom is 0.337 e. The fraction of sp³-hybridized carbons (Fsp3) is 0.375. The molecule has 0 aliphatic carbocycles. The molecular formula is C16H21NO4. The van der Waals surface area contributed by atoms with Crippen molar-refractivity contribution in [3.05, 3.63) is 42.5 Å². The fourth-order valence-corrected chi connectivity index (χ4v) is 1.78. The normalized spacial score (nSPS) is 9.81. The zero-order valence-electron chi connectivity index (χ0n) is 12.5. The van der Waals surface area contributed by atoms with Crippen LogP contribution in [0.3, 0.4) is 0 Å². The maximum atomic E-state index is 11.3. The third kappa shape index (κ3) is 5.69. The van der Waals surface area contributed by atoms with Crippen molar-refractivity contribution < 1.29 is 19.1 Å². The number of rotatable bonds is 8. The lowest BCUT2D eigenvalue weighted by Gasteiger charge is -2.19. The highest BCUT2D eigenvalue weighted by Gasteiger charge is 2.07. The molecule has 0 fully saturated rings. The van der Waals surface area contributed by atoms with E-state index in [-0.39, 0.29) is 11.9 Å². The van der Waals surface area contributed by atoms with Crippen molar-refractivity contribution in [2.75, 3.05) is 26.8 Å². The van der Waals surface area contributed by atoms with E-state index in [9.17, 15) is 9.59 Å². The van der Waals surface area contributed by atoms with E-state index in [1.165, 1.54) is 14.0 Å². The van der Waals surface area contributed by atoms with Gasteiger partial charge in [-0.3, -0.25) is 4.79 Å². The van der Waals surface area contributed by atoms with Crippen LogP contribution in [-0.2, 0) is 9.53 Å². The molecule has 0 spiro atoms. The second kappa shape index (κ2) is 8.79. The minimum Gasteiger partial charge on any atom is -0.494 e. The van der Waals surface area contributed by atoms with Gasteiger partial charge in [0.2, 0.25) is 5.91 Å². The summed E-state index contributed by atoms with van der Waals surface area (Å²) in [6, 6.07) is 6.75. The van der Waals surface area contributed by atoms with Crippen LogP contribution in [0.1, 0.15) is 23.7 Å². The minimum atomic E-state index is -0.372. The molecule has 0 unspecified atom stereocenters. The summed E-state index contributed by atoms with van der Waals surface area (Å²) in [5.74, 6) is 0.334. The first-order valence-corrected chi connectivity index (χ1v) is 6.76.